The third-order valence-corrected chi connectivity index (χ3v) is 5.89. The topological polar surface area (TPSA) is 53.1 Å². The fourth-order valence-corrected chi connectivity index (χ4v) is 4.23. The van der Waals surface area contributed by atoms with E-state index < -0.39 is 0 Å². The lowest BCUT2D eigenvalue weighted by Gasteiger charge is -2.38. The predicted molar refractivity (Wildman–Crippen MR) is 117 cm³/mol. The molecule has 0 radical (unpaired) electrons. The van der Waals surface area contributed by atoms with Crippen LogP contribution in [0.3, 0.4) is 0 Å². The Balaban J connectivity index is 1.43. The van der Waals surface area contributed by atoms with Gasteiger partial charge in [0, 0.05) is 51.1 Å². The number of hydrogen-bond donors (Lipinski definition) is 0. The molecule has 2 aliphatic rings. The Morgan fingerprint density at radius 3 is 2.53 bits per heavy atom. The van der Waals surface area contributed by atoms with Crippen molar-refractivity contribution in [3.05, 3.63) is 65.9 Å². The maximum absolute atomic E-state index is 13.1. The zero-order chi connectivity index (χ0) is 21.1. The van der Waals surface area contributed by atoms with Gasteiger partial charge in [-0.1, -0.05) is 30.3 Å². The van der Waals surface area contributed by atoms with Gasteiger partial charge in [-0.25, -0.2) is 0 Å². The molecule has 6 heteroatoms. The van der Waals surface area contributed by atoms with Gasteiger partial charge in [0.1, 0.15) is 5.75 Å². The first-order valence-corrected chi connectivity index (χ1v) is 10.3. The molecule has 2 aromatic carbocycles. The molecule has 1 fully saturated rings. The van der Waals surface area contributed by atoms with Crippen LogP contribution in [0.1, 0.15) is 30.5 Å². The highest BCUT2D eigenvalue weighted by atomic mass is 16.5. The highest BCUT2D eigenvalue weighted by Crippen LogP contribution is 2.33. The van der Waals surface area contributed by atoms with Gasteiger partial charge < -0.3 is 19.4 Å². The van der Waals surface area contributed by atoms with Crippen molar-refractivity contribution in [1.82, 2.24) is 9.80 Å². The smallest absolute Gasteiger partial charge is 0.225 e. The van der Waals surface area contributed by atoms with Crippen LogP contribution in [-0.2, 0) is 9.59 Å². The van der Waals surface area contributed by atoms with Crippen molar-refractivity contribution in [1.29, 1.82) is 0 Å². The van der Waals surface area contributed by atoms with E-state index in [0.717, 1.165) is 35.7 Å². The number of methoxy groups -OCH3 is 1. The van der Waals surface area contributed by atoms with Crippen LogP contribution in [0, 0.1) is 0 Å². The van der Waals surface area contributed by atoms with Crippen molar-refractivity contribution in [2.24, 2.45) is 0 Å². The van der Waals surface area contributed by atoms with Crippen LogP contribution in [0.2, 0.25) is 0 Å². The fraction of sp³-hybridized carbons (Fsp3) is 0.333. The summed E-state index contributed by atoms with van der Waals surface area (Å²) in [6, 6.07) is 15.7. The lowest BCUT2D eigenvalue weighted by Crippen LogP contribution is -2.49. The first-order valence-electron chi connectivity index (χ1n) is 10.3. The van der Waals surface area contributed by atoms with E-state index in [0.29, 0.717) is 19.5 Å². The number of carbonyl (C=O) groups excluding carboxylic acids is 2. The summed E-state index contributed by atoms with van der Waals surface area (Å²) in [6.45, 7) is 4.43. The second kappa shape index (κ2) is 8.61. The van der Waals surface area contributed by atoms with Gasteiger partial charge in [0.25, 0.3) is 0 Å². The molecular formula is C24H27N3O3. The summed E-state index contributed by atoms with van der Waals surface area (Å²) in [4.78, 5) is 31.1. The standard InChI is InChI=1S/C24H27N3O3/c1-18(28)27-11-10-19-6-3-4-9-22(19)23(27)17-24(29)26-14-12-25(13-15-26)20-7-5-8-21(16-20)30-2/h3-11,16,23H,12-15,17H2,1-2H3/t23-/m0/s1. The van der Waals surface area contributed by atoms with Crippen molar-refractivity contribution in [3.63, 3.8) is 0 Å². The third kappa shape index (κ3) is 4.03. The second-order valence-electron chi connectivity index (χ2n) is 7.66. The Labute approximate surface area is 177 Å². The zero-order valence-corrected chi connectivity index (χ0v) is 17.5. The number of carbonyl (C=O) groups is 2. The van der Waals surface area contributed by atoms with Crippen molar-refractivity contribution < 1.29 is 14.3 Å². The molecule has 0 N–H and O–H groups in total. The molecule has 6 nitrogen and oxygen atoms in total. The molecule has 30 heavy (non-hydrogen) atoms. The Morgan fingerprint density at radius 2 is 1.80 bits per heavy atom. The first-order chi connectivity index (χ1) is 14.6. The Bertz CT molecular complexity index is 964. The van der Waals surface area contributed by atoms with E-state index in [1.165, 1.54) is 0 Å². The average Bonchev–Trinajstić information content (AvgIpc) is 2.79. The normalized spacial score (nSPS) is 18.2. The van der Waals surface area contributed by atoms with Crippen LogP contribution in [0.15, 0.2) is 54.7 Å². The van der Waals surface area contributed by atoms with E-state index in [4.69, 9.17) is 4.74 Å². The molecule has 2 aliphatic heterocycles. The van der Waals surface area contributed by atoms with Crippen LogP contribution in [0.25, 0.3) is 6.08 Å². The van der Waals surface area contributed by atoms with Gasteiger partial charge in [-0.2, -0.15) is 0 Å². The number of rotatable bonds is 4. The summed E-state index contributed by atoms with van der Waals surface area (Å²) < 4.78 is 5.32. The van der Waals surface area contributed by atoms with E-state index in [9.17, 15) is 9.59 Å². The van der Waals surface area contributed by atoms with Crippen molar-refractivity contribution >= 4 is 23.6 Å². The maximum atomic E-state index is 13.1. The number of fused-ring (bicyclic) bond motifs is 1. The Hall–Kier alpha value is -3.28. The second-order valence-corrected chi connectivity index (χ2v) is 7.66. The summed E-state index contributed by atoms with van der Waals surface area (Å²) in [5.41, 5.74) is 3.20. The average molecular weight is 405 g/mol. The molecule has 0 unspecified atom stereocenters. The van der Waals surface area contributed by atoms with Gasteiger partial charge >= 0.3 is 0 Å². The van der Waals surface area contributed by atoms with Crippen molar-refractivity contribution in [2.75, 3.05) is 38.2 Å². The minimum absolute atomic E-state index is 0.0543. The van der Waals surface area contributed by atoms with Crippen LogP contribution in [0.5, 0.6) is 5.75 Å². The van der Waals surface area contributed by atoms with Crippen LogP contribution in [0.4, 0.5) is 5.69 Å². The molecule has 0 bridgehead atoms. The van der Waals surface area contributed by atoms with Gasteiger partial charge in [-0.15, -0.1) is 0 Å². The molecule has 0 aliphatic carbocycles. The summed E-state index contributed by atoms with van der Waals surface area (Å²) in [5.74, 6) is 0.863. The van der Waals surface area contributed by atoms with E-state index >= 15 is 0 Å². The lowest BCUT2D eigenvalue weighted by molar-refractivity contribution is -0.134. The minimum Gasteiger partial charge on any atom is -0.497 e. The van der Waals surface area contributed by atoms with E-state index in [-0.39, 0.29) is 17.9 Å². The molecule has 0 saturated carbocycles. The number of nitrogens with zero attached hydrogens (tertiary/aromatic N) is 3. The molecule has 0 spiro atoms. The van der Waals surface area contributed by atoms with Crippen LogP contribution < -0.4 is 9.64 Å². The van der Waals surface area contributed by atoms with Crippen LogP contribution >= 0.6 is 0 Å². The number of amides is 2. The number of ether oxygens (including phenoxy) is 1. The maximum Gasteiger partial charge on any atom is 0.225 e. The molecule has 0 aromatic heterocycles. The van der Waals surface area contributed by atoms with E-state index in [1.807, 2.05) is 53.4 Å². The first kappa shape index (κ1) is 20.0. The molecule has 1 saturated heterocycles. The molecule has 2 aromatic rings. The summed E-state index contributed by atoms with van der Waals surface area (Å²) in [7, 11) is 1.67. The fourth-order valence-electron chi connectivity index (χ4n) is 4.23. The highest BCUT2D eigenvalue weighted by molar-refractivity contribution is 5.82. The minimum atomic E-state index is -0.257. The summed E-state index contributed by atoms with van der Waals surface area (Å²) >= 11 is 0. The monoisotopic (exact) mass is 405 g/mol. The molecule has 2 heterocycles. The Kier molecular flexibility index (Phi) is 5.74. The molecule has 2 amide bonds. The number of anilines is 1. The molecule has 156 valence electrons. The van der Waals surface area contributed by atoms with Crippen molar-refractivity contribution in [3.8, 4) is 5.75 Å². The summed E-state index contributed by atoms with van der Waals surface area (Å²) in [5, 5.41) is 0. The number of piperazine rings is 1. The predicted octanol–water partition coefficient (Wildman–Crippen LogP) is 3.31. The number of benzene rings is 2. The van der Waals surface area contributed by atoms with Crippen molar-refractivity contribution in [2.45, 2.75) is 19.4 Å². The highest BCUT2D eigenvalue weighted by Gasteiger charge is 2.31. The SMILES string of the molecule is COc1cccc(N2CCN(C(=O)C[C@H]3c4ccccc4C=CN3C(C)=O)CC2)c1. The largest absolute Gasteiger partial charge is 0.497 e. The van der Waals surface area contributed by atoms with Gasteiger partial charge in [0.05, 0.1) is 19.6 Å². The van der Waals surface area contributed by atoms with E-state index in [1.54, 1.807) is 25.1 Å². The van der Waals surface area contributed by atoms with Gasteiger partial charge in [-0.3, -0.25) is 9.59 Å². The van der Waals surface area contributed by atoms with Crippen LogP contribution in [-0.4, -0.2) is 54.9 Å². The van der Waals surface area contributed by atoms with Gasteiger partial charge in [0.2, 0.25) is 11.8 Å². The van der Waals surface area contributed by atoms with E-state index in [2.05, 4.69) is 11.0 Å². The number of hydrogen-bond acceptors (Lipinski definition) is 4. The molecular weight excluding hydrogens is 378 g/mol. The quantitative estimate of drug-likeness (QED) is 0.783. The third-order valence-electron chi connectivity index (χ3n) is 5.89. The summed E-state index contributed by atoms with van der Waals surface area (Å²) in [6.07, 6.45) is 4.02. The van der Waals surface area contributed by atoms with Gasteiger partial charge in [0.15, 0.2) is 0 Å². The molecule has 4 rings (SSSR count). The van der Waals surface area contributed by atoms with Gasteiger partial charge in [-0.05, 0) is 29.3 Å². The zero-order valence-electron chi connectivity index (χ0n) is 17.5. The lowest BCUT2D eigenvalue weighted by atomic mass is 9.93. The Morgan fingerprint density at radius 1 is 1.03 bits per heavy atom. The molecule has 1 atom stereocenters.